The minimum Gasteiger partial charge on any atom is -0.398 e. The van der Waals surface area contributed by atoms with Gasteiger partial charge in [-0.2, -0.15) is 0 Å². The monoisotopic (exact) mass is 630 g/mol. The molecule has 0 heterocycles. The van der Waals surface area contributed by atoms with Crippen LogP contribution in [0.3, 0.4) is 0 Å². The Morgan fingerprint density at radius 2 is 1.20 bits per heavy atom. The van der Waals surface area contributed by atoms with Crippen LogP contribution in [0.2, 0.25) is 0 Å². The van der Waals surface area contributed by atoms with Gasteiger partial charge in [0.2, 0.25) is 0 Å². The van der Waals surface area contributed by atoms with Crippen LogP contribution in [0.1, 0.15) is 36.1 Å². The zero-order valence-corrected chi connectivity index (χ0v) is 27.9. The molecule has 3 N–H and O–H groups in total. The molecule has 0 fully saturated rings. The maximum absolute atomic E-state index is 6.43. The first-order valence-electron chi connectivity index (χ1n) is 17.2. The Bertz CT molecular complexity index is 2570. The molecule has 236 valence electrons. The number of para-hydroxylation sites is 1. The van der Waals surface area contributed by atoms with Gasteiger partial charge in [-0.25, -0.2) is 0 Å². The zero-order valence-electron chi connectivity index (χ0n) is 27.9. The van der Waals surface area contributed by atoms with E-state index in [1.165, 1.54) is 76.8 Å². The second kappa shape index (κ2) is 11.5. The molecule has 0 saturated carbocycles. The molecule has 0 bridgehead atoms. The van der Waals surface area contributed by atoms with Crippen molar-refractivity contribution < 1.29 is 0 Å². The lowest BCUT2D eigenvalue weighted by molar-refractivity contribution is 0.660. The van der Waals surface area contributed by atoms with Crippen LogP contribution in [0, 0.1) is 0 Å². The van der Waals surface area contributed by atoms with E-state index in [4.69, 9.17) is 5.73 Å². The fourth-order valence-electron chi connectivity index (χ4n) is 8.28. The van der Waals surface area contributed by atoms with Crippen molar-refractivity contribution in [2.75, 3.05) is 5.73 Å². The van der Waals surface area contributed by atoms with Gasteiger partial charge < -0.3 is 11.1 Å². The molecule has 0 saturated heterocycles. The molecule has 0 aliphatic heterocycles. The van der Waals surface area contributed by atoms with Gasteiger partial charge in [0.15, 0.2) is 0 Å². The van der Waals surface area contributed by atoms with E-state index in [2.05, 4.69) is 159 Å². The average Bonchev–Trinajstić information content (AvgIpc) is 3.37. The second-order valence-electron chi connectivity index (χ2n) is 14.0. The summed E-state index contributed by atoms with van der Waals surface area (Å²) in [7, 11) is 0. The van der Waals surface area contributed by atoms with Crippen LogP contribution < -0.4 is 11.1 Å². The highest BCUT2D eigenvalue weighted by atomic mass is 14.8. The first kappa shape index (κ1) is 29.4. The van der Waals surface area contributed by atoms with Crippen LogP contribution in [-0.4, -0.2) is 0 Å². The molecule has 8 aromatic carbocycles. The van der Waals surface area contributed by atoms with Crippen molar-refractivity contribution in [3.8, 4) is 33.4 Å². The molecule has 0 amide bonds. The molecule has 8 aromatic rings. The van der Waals surface area contributed by atoms with Gasteiger partial charge in [0.05, 0.1) is 0 Å². The van der Waals surface area contributed by atoms with Crippen molar-refractivity contribution in [2.24, 2.45) is 0 Å². The smallest absolute Gasteiger partial charge is 0.0393 e. The molecule has 0 unspecified atom stereocenters. The minimum atomic E-state index is -0.0129. The number of nitrogens with one attached hydrogen (secondary N) is 1. The Kier molecular flexibility index (Phi) is 6.89. The summed E-state index contributed by atoms with van der Waals surface area (Å²) in [5.41, 5.74) is 20.1. The van der Waals surface area contributed by atoms with E-state index >= 15 is 0 Å². The summed E-state index contributed by atoms with van der Waals surface area (Å²) in [5.74, 6) is 0. The van der Waals surface area contributed by atoms with Gasteiger partial charge in [-0.3, -0.25) is 0 Å². The molecule has 9 rings (SSSR count). The van der Waals surface area contributed by atoms with Crippen LogP contribution in [0.4, 0.5) is 5.69 Å². The molecule has 2 nitrogen and oxygen atoms in total. The van der Waals surface area contributed by atoms with Crippen LogP contribution in [0.15, 0.2) is 152 Å². The second-order valence-corrected chi connectivity index (χ2v) is 14.0. The number of benzene rings is 8. The Morgan fingerprint density at radius 1 is 0.510 bits per heavy atom. The predicted molar refractivity (Wildman–Crippen MR) is 209 cm³/mol. The van der Waals surface area contributed by atoms with Crippen molar-refractivity contribution in [1.29, 1.82) is 0 Å². The van der Waals surface area contributed by atoms with Gasteiger partial charge in [-0.15, -0.1) is 0 Å². The van der Waals surface area contributed by atoms with Crippen LogP contribution in [0.5, 0.6) is 0 Å². The van der Waals surface area contributed by atoms with E-state index < -0.39 is 0 Å². The number of anilines is 1. The number of hydrogen-bond donors (Lipinski definition) is 2. The van der Waals surface area contributed by atoms with Crippen molar-refractivity contribution >= 4 is 38.0 Å². The van der Waals surface area contributed by atoms with E-state index in [0.29, 0.717) is 0 Å². The molecule has 0 radical (unpaired) electrons. The third kappa shape index (κ3) is 4.83. The standard InChI is InChI=1S/C47H38N2/c1-47(2)42-18-7-5-16-39(42)46-38(17-10-19-43(46)47)32-13-9-11-30(25-32)28-49-29-41-36-14-4-3-12-33(36)26-35-24-22-31-21-23-34(27-40(31)45(35)41)37-15-6-8-20-44(37)48/h3-27,49H,28-29,48H2,1-2H3. The number of rotatable bonds is 6. The van der Waals surface area contributed by atoms with Crippen molar-refractivity contribution in [3.63, 3.8) is 0 Å². The maximum Gasteiger partial charge on any atom is 0.0393 e. The Hall–Kier alpha value is -5.70. The normalized spacial score (nSPS) is 13.2. The van der Waals surface area contributed by atoms with E-state index in [9.17, 15) is 0 Å². The van der Waals surface area contributed by atoms with Gasteiger partial charge in [0.1, 0.15) is 0 Å². The summed E-state index contributed by atoms with van der Waals surface area (Å²) in [6, 6.07) is 55.3. The van der Waals surface area contributed by atoms with E-state index in [1.807, 2.05) is 12.1 Å². The third-order valence-corrected chi connectivity index (χ3v) is 10.7. The first-order chi connectivity index (χ1) is 24.0. The summed E-state index contributed by atoms with van der Waals surface area (Å²) >= 11 is 0. The van der Waals surface area contributed by atoms with Gasteiger partial charge in [-0.1, -0.05) is 141 Å². The SMILES string of the molecule is CC1(C)c2ccccc2-c2c(-c3cccc(CNCc4c5ccccc5cc5ccc6ccc(-c7ccccc7N)cc6c45)c3)cccc21. The Balaban J connectivity index is 1.09. The van der Waals surface area contributed by atoms with E-state index in [1.54, 1.807) is 0 Å². The summed E-state index contributed by atoms with van der Waals surface area (Å²) < 4.78 is 0. The fraction of sp³-hybridized carbons (Fsp3) is 0.106. The van der Waals surface area contributed by atoms with Crippen molar-refractivity contribution in [1.82, 2.24) is 5.32 Å². The molecule has 0 spiro atoms. The van der Waals surface area contributed by atoms with E-state index in [-0.39, 0.29) is 5.41 Å². The number of fused-ring (bicyclic) bond motifs is 7. The molecule has 0 aromatic heterocycles. The maximum atomic E-state index is 6.43. The Morgan fingerprint density at radius 3 is 2.10 bits per heavy atom. The summed E-state index contributed by atoms with van der Waals surface area (Å²) in [4.78, 5) is 0. The highest BCUT2D eigenvalue weighted by molar-refractivity contribution is 6.15. The highest BCUT2D eigenvalue weighted by Gasteiger charge is 2.36. The van der Waals surface area contributed by atoms with Crippen LogP contribution in [0.25, 0.3) is 65.7 Å². The zero-order chi connectivity index (χ0) is 33.1. The largest absolute Gasteiger partial charge is 0.398 e. The lowest BCUT2D eigenvalue weighted by Crippen LogP contribution is -2.14. The number of nitrogens with two attached hydrogens (primary N) is 1. The highest BCUT2D eigenvalue weighted by Crippen LogP contribution is 2.52. The molecule has 1 aliphatic rings. The minimum absolute atomic E-state index is 0.0129. The average molecular weight is 631 g/mol. The lowest BCUT2D eigenvalue weighted by Gasteiger charge is -2.21. The van der Waals surface area contributed by atoms with Crippen molar-refractivity contribution in [2.45, 2.75) is 32.4 Å². The molecule has 0 atom stereocenters. The molecule has 2 heteroatoms. The third-order valence-electron chi connectivity index (χ3n) is 10.7. The molecular formula is C47H38N2. The van der Waals surface area contributed by atoms with Gasteiger partial charge in [0, 0.05) is 29.8 Å². The summed E-state index contributed by atoms with van der Waals surface area (Å²) in [5, 5.41) is 11.5. The summed E-state index contributed by atoms with van der Waals surface area (Å²) in [6.45, 7) is 6.22. The lowest BCUT2D eigenvalue weighted by atomic mass is 9.82. The van der Waals surface area contributed by atoms with Crippen LogP contribution in [-0.2, 0) is 18.5 Å². The van der Waals surface area contributed by atoms with Crippen molar-refractivity contribution in [3.05, 3.63) is 174 Å². The first-order valence-corrected chi connectivity index (χ1v) is 17.2. The van der Waals surface area contributed by atoms with E-state index in [0.717, 1.165) is 29.9 Å². The molecule has 49 heavy (non-hydrogen) atoms. The fourth-order valence-corrected chi connectivity index (χ4v) is 8.28. The van der Waals surface area contributed by atoms with Crippen LogP contribution >= 0.6 is 0 Å². The number of hydrogen-bond acceptors (Lipinski definition) is 2. The molecule has 1 aliphatic carbocycles. The van der Waals surface area contributed by atoms with Gasteiger partial charge >= 0.3 is 0 Å². The molecular weight excluding hydrogens is 593 g/mol. The van der Waals surface area contributed by atoms with Gasteiger partial charge in [0.25, 0.3) is 0 Å². The summed E-state index contributed by atoms with van der Waals surface area (Å²) in [6.07, 6.45) is 0. The van der Waals surface area contributed by atoms with Gasteiger partial charge in [-0.05, 0) is 107 Å². The quantitative estimate of drug-likeness (QED) is 0.109. The number of nitrogen functional groups attached to an aromatic ring is 1. The predicted octanol–water partition coefficient (Wildman–Crippen LogP) is 11.7. The topological polar surface area (TPSA) is 38.0 Å². The Labute approximate surface area is 287 Å².